The van der Waals surface area contributed by atoms with Gasteiger partial charge in [0.15, 0.2) is 23.3 Å². The third-order valence-corrected chi connectivity index (χ3v) is 6.36. The Hall–Kier alpha value is -3.46. The van der Waals surface area contributed by atoms with E-state index in [1.54, 1.807) is 6.92 Å². The molecule has 1 aliphatic heterocycles. The van der Waals surface area contributed by atoms with Crippen LogP contribution in [0.15, 0.2) is 23.2 Å². The molecule has 2 aromatic rings. The smallest absolute Gasteiger partial charge is 0.311 e. The van der Waals surface area contributed by atoms with Crippen LogP contribution < -0.4 is 15.4 Å². The first-order valence-corrected chi connectivity index (χ1v) is 11.2. The fourth-order valence-electron chi connectivity index (χ4n) is 3.22. The lowest BCUT2D eigenvalue weighted by atomic mass is 10.1. The molecule has 3 amide bonds. The Morgan fingerprint density at radius 3 is 2.21 bits per heavy atom. The number of nitrogens with zero attached hydrogens (tertiary/aromatic N) is 2. The first-order chi connectivity index (χ1) is 15.9. The summed E-state index contributed by atoms with van der Waals surface area (Å²) in [6.07, 6.45) is 0.814. The third kappa shape index (κ3) is 4.89. The average Bonchev–Trinajstić information content (AvgIpc) is 3.03. The lowest BCUT2D eigenvalue weighted by Gasteiger charge is -2.38. The molecule has 3 N–H and O–H groups in total. The number of hydrogen-bond donors (Lipinski definition) is 3. The highest BCUT2D eigenvalue weighted by Crippen LogP contribution is 2.24. The largest absolute Gasteiger partial charge is 0.348 e. The van der Waals surface area contributed by atoms with E-state index in [9.17, 15) is 40.4 Å². The summed E-state index contributed by atoms with van der Waals surface area (Å²) in [5.74, 6) is -9.29. The maximum Gasteiger partial charge on any atom is 0.311 e. The van der Waals surface area contributed by atoms with E-state index in [1.807, 2.05) is 5.32 Å². The molecule has 1 aromatic carbocycles. The molecule has 10 nitrogen and oxygen atoms in total. The molecule has 184 valence electrons. The zero-order valence-corrected chi connectivity index (χ0v) is 18.6. The van der Waals surface area contributed by atoms with Crippen molar-refractivity contribution in [1.82, 2.24) is 19.5 Å². The number of halogens is 4. The molecule has 0 aliphatic carbocycles. The molecule has 0 atom stereocenters. The summed E-state index contributed by atoms with van der Waals surface area (Å²) in [6.45, 7) is 1.61. The summed E-state index contributed by atoms with van der Waals surface area (Å²) < 4.78 is 83.0. The maximum atomic E-state index is 14.9. The van der Waals surface area contributed by atoms with Gasteiger partial charge in [0, 0.05) is 50.7 Å². The van der Waals surface area contributed by atoms with Crippen LogP contribution in [-0.2, 0) is 26.7 Å². The van der Waals surface area contributed by atoms with Crippen molar-refractivity contribution in [3.05, 3.63) is 47.3 Å². The van der Waals surface area contributed by atoms with Crippen LogP contribution in [0.25, 0.3) is 0 Å². The molecule has 2 heterocycles. The van der Waals surface area contributed by atoms with Crippen LogP contribution >= 0.6 is 0 Å². The van der Waals surface area contributed by atoms with Gasteiger partial charge in [-0.05, 0) is 6.92 Å². The van der Waals surface area contributed by atoms with E-state index < -0.39 is 73.3 Å². The van der Waals surface area contributed by atoms with Gasteiger partial charge >= 0.3 is 11.8 Å². The lowest BCUT2D eigenvalue weighted by molar-refractivity contribution is -0.148. The van der Waals surface area contributed by atoms with Gasteiger partial charge in [-0.15, -0.1) is 0 Å². The molecular formula is C19H19F4N5O5S. The average molecular weight is 505 g/mol. The van der Waals surface area contributed by atoms with E-state index in [2.05, 4.69) is 10.0 Å². The highest BCUT2D eigenvalue weighted by molar-refractivity contribution is 7.89. The van der Waals surface area contributed by atoms with Gasteiger partial charge in [0.2, 0.25) is 10.0 Å². The number of likely N-dealkylation sites (N-methyl/N-ethyl adjacent to an activating group) is 1. The molecule has 3 rings (SSSR count). The van der Waals surface area contributed by atoms with Crippen LogP contribution in [-0.4, -0.2) is 61.3 Å². The molecule has 0 saturated carbocycles. The van der Waals surface area contributed by atoms with Crippen LogP contribution in [0.2, 0.25) is 0 Å². The zero-order valence-electron chi connectivity index (χ0n) is 17.8. The topological polar surface area (TPSA) is 130 Å². The molecule has 0 spiro atoms. The molecule has 1 fully saturated rings. The van der Waals surface area contributed by atoms with Gasteiger partial charge in [-0.2, -0.15) is 0 Å². The summed E-state index contributed by atoms with van der Waals surface area (Å²) in [5, 5.41) is 4.29. The fourth-order valence-corrected chi connectivity index (χ4v) is 4.56. The van der Waals surface area contributed by atoms with E-state index in [0.29, 0.717) is 12.1 Å². The minimum Gasteiger partial charge on any atom is -0.348 e. The van der Waals surface area contributed by atoms with Gasteiger partial charge in [0.1, 0.15) is 10.6 Å². The van der Waals surface area contributed by atoms with Crippen LogP contribution in [0.3, 0.4) is 0 Å². The van der Waals surface area contributed by atoms with Crippen LogP contribution in [0.1, 0.15) is 17.4 Å². The second kappa shape index (κ2) is 9.42. The van der Waals surface area contributed by atoms with E-state index >= 15 is 0 Å². The lowest BCUT2D eigenvalue weighted by Crippen LogP contribution is -2.63. The van der Waals surface area contributed by atoms with Crippen molar-refractivity contribution in [3.63, 3.8) is 0 Å². The molecule has 1 aromatic heterocycles. The molecule has 0 bridgehead atoms. The van der Waals surface area contributed by atoms with Crippen molar-refractivity contribution >= 4 is 33.4 Å². The van der Waals surface area contributed by atoms with Crippen molar-refractivity contribution in [2.75, 3.05) is 25.0 Å². The van der Waals surface area contributed by atoms with Crippen LogP contribution in [0.5, 0.6) is 0 Å². The second-order valence-corrected chi connectivity index (χ2v) is 9.05. The van der Waals surface area contributed by atoms with Crippen molar-refractivity contribution < 1.29 is 40.4 Å². The Morgan fingerprint density at radius 2 is 1.65 bits per heavy atom. The van der Waals surface area contributed by atoms with Gasteiger partial charge in [-0.3, -0.25) is 14.4 Å². The summed E-state index contributed by atoms with van der Waals surface area (Å²) in [5.41, 5.74) is -1.29. The van der Waals surface area contributed by atoms with Crippen molar-refractivity contribution in [2.24, 2.45) is 7.05 Å². The number of aryl methyl sites for hydroxylation is 1. The Kier molecular flexibility index (Phi) is 6.97. The number of nitrogens with one attached hydrogen (secondary N) is 3. The number of benzene rings is 1. The Labute approximate surface area is 191 Å². The van der Waals surface area contributed by atoms with E-state index in [0.717, 1.165) is 15.7 Å². The Balaban J connectivity index is 1.72. The number of amides is 3. The minimum atomic E-state index is -4.49. The Bertz CT molecular complexity index is 1250. The summed E-state index contributed by atoms with van der Waals surface area (Å²) in [7, 11) is -3.33. The number of hydrogen-bond acceptors (Lipinski definition) is 5. The first kappa shape index (κ1) is 25.2. The molecule has 34 heavy (non-hydrogen) atoms. The van der Waals surface area contributed by atoms with Crippen LogP contribution in [0.4, 0.5) is 23.2 Å². The van der Waals surface area contributed by atoms with Gasteiger partial charge in [-0.25, -0.2) is 30.7 Å². The van der Waals surface area contributed by atoms with E-state index in [1.165, 1.54) is 7.05 Å². The quantitative estimate of drug-likeness (QED) is 0.299. The summed E-state index contributed by atoms with van der Waals surface area (Å²) in [6, 6.07) is 0.145. The molecular weight excluding hydrogens is 486 g/mol. The number of carbonyl (C=O) groups excluding carboxylic acids is 3. The summed E-state index contributed by atoms with van der Waals surface area (Å²) >= 11 is 0. The number of rotatable bonds is 6. The highest BCUT2D eigenvalue weighted by Gasteiger charge is 2.38. The van der Waals surface area contributed by atoms with E-state index in [-0.39, 0.29) is 19.6 Å². The fraction of sp³-hybridized carbons (Fsp3) is 0.316. The number of anilines is 1. The van der Waals surface area contributed by atoms with Crippen molar-refractivity contribution in [3.8, 4) is 0 Å². The Morgan fingerprint density at radius 1 is 1.06 bits per heavy atom. The molecule has 1 aliphatic rings. The van der Waals surface area contributed by atoms with Gasteiger partial charge < -0.3 is 20.1 Å². The van der Waals surface area contributed by atoms with Gasteiger partial charge in [-0.1, -0.05) is 0 Å². The van der Waals surface area contributed by atoms with Crippen molar-refractivity contribution in [1.29, 1.82) is 0 Å². The number of sulfonamides is 1. The third-order valence-electron chi connectivity index (χ3n) is 4.86. The molecule has 0 unspecified atom stereocenters. The molecule has 0 radical (unpaired) electrons. The zero-order chi connectivity index (χ0) is 25.4. The number of carbonyl (C=O) groups is 3. The number of aromatic nitrogens is 1. The summed E-state index contributed by atoms with van der Waals surface area (Å²) in [4.78, 5) is 36.0. The van der Waals surface area contributed by atoms with Crippen LogP contribution in [0, 0.1) is 23.3 Å². The van der Waals surface area contributed by atoms with Crippen molar-refractivity contribution in [2.45, 2.75) is 17.9 Å². The standard InChI is InChI=1S/C19H19F4N5O5S/c1-3-24-18(30)19(31)28-6-10(7-28)26-34(32,33)13-8-27(2)16(15(13)23)17(29)25-9-4-11(20)14(22)12(21)5-9/h4-5,8,10,26H,3,6-7H2,1-2H3,(H,24,30)(H,25,29). The maximum absolute atomic E-state index is 14.9. The van der Waals surface area contributed by atoms with Gasteiger partial charge in [0.25, 0.3) is 5.91 Å². The molecule has 1 saturated heterocycles. The first-order valence-electron chi connectivity index (χ1n) is 9.75. The second-order valence-electron chi connectivity index (χ2n) is 7.36. The number of likely N-dealkylation sites (tertiary alicyclic amines) is 1. The monoisotopic (exact) mass is 505 g/mol. The van der Waals surface area contributed by atoms with Gasteiger partial charge in [0.05, 0.1) is 6.04 Å². The predicted octanol–water partition coefficient (Wildman–Crippen LogP) is 0.459. The van der Waals surface area contributed by atoms with E-state index in [4.69, 9.17) is 0 Å². The molecule has 15 heteroatoms. The predicted molar refractivity (Wildman–Crippen MR) is 109 cm³/mol. The minimum absolute atomic E-state index is 0.126. The highest BCUT2D eigenvalue weighted by atomic mass is 32.2. The SMILES string of the molecule is CCNC(=O)C(=O)N1CC(NS(=O)(=O)c2cn(C)c(C(=O)Nc3cc(F)c(F)c(F)c3)c2F)C1. The normalized spacial score (nSPS) is 14.0.